The van der Waals surface area contributed by atoms with Crippen molar-refractivity contribution in [3.8, 4) is 0 Å². The minimum Gasteiger partial charge on any atom is -0.275 e. The van der Waals surface area contributed by atoms with E-state index >= 15 is 0 Å². The van der Waals surface area contributed by atoms with Crippen LogP contribution in [0.25, 0.3) is 0 Å². The second kappa shape index (κ2) is 7.18. The van der Waals surface area contributed by atoms with E-state index in [1.807, 2.05) is 91.0 Å². The Labute approximate surface area is 169 Å². The van der Waals surface area contributed by atoms with Crippen molar-refractivity contribution in [2.45, 2.75) is 18.7 Å². The number of anilines is 1. The van der Waals surface area contributed by atoms with E-state index < -0.39 is 12.0 Å². The van der Waals surface area contributed by atoms with Crippen LogP contribution in [0.2, 0.25) is 0 Å². The van der Waals surface area contributed by atoms with Crippen LogP contribution in [0.4, 0.5) is 5.69 Å². The van der Waals surface area contributed by atoms with Gasteiger partial charge in [0.1, 0.15) is 5.92 Å². The van der Waals surface area contributed by atoms with Gasteiger partial charge in [0.15, 0.2) is 6.10 Å². The lowest BCUT2D eigenvalue weighted by Gasteiger charge is -2.28. The molecule has 2 heterocycles. The molecule has 3 aromatic rings. The van der Waals surface area contributed by atoms with Crippen LogP contribution in [-0.2, 0) is 21.0 Å². The third kappa shape index (κ3) is 3.00. The van der Waals surface area contributed by atoms with Crippen LogP contribution in [0, 0.1) is 5.92 Å². The average Bonchev–Trinajstić information content (AvgIpc) is 3.28. The van der Waals surface area contributed by atoms with E-state index in [1.54, 1.807) is 5.06 Å². The number of fused-ring (bicyclic) bond motifs is 1. The van der Waals surface area contributed by atoms with Gasteiger partial charge in [-0.05, 0) is 23.3 Å². The highest BCUT2D eigenvalue weighted by molar-refractivity contribution is 6.07. The maximum Gasteiger partial charge on any atom is 0.262 e. The molecule has 144 valence electrons. The summed E-state index contributed by atoms with van der Waals surface area (Å²) in [5.41, 5.74) is 2.70. The van der Waals surface area contributed by atoms with Crippen molar-refractivity contribution >= 4 is 17.5 Å². The number of hydrogen-bond acceptors (Lipinski definition) is 4. The van der Waals surface area contributed by atoms with Crippen molar-refractivity contribution in [3.63, 3.8) is 0 Å². The molecule has 3 atom stereocenters. The molecule has 0 saturated carbocycles. The van der Waals surface area contributed by atoms with E-state index in [4.69, 9.17) is 4.84 Å². The molecule has 5 rings (SSSR count). The van der Waals surface area contributed by atoms with Crippen molar-refractivity contribution in [3.05, 3.63) is 102 Å². The lowest BCUT2D eigenvalue weighted by molar-refractivity contribution is -0.143. The van der Waals surface area contributed by atoms with Crippen LogP contribution in [0.15, 0.2) is 91.0 Å². The molecule has 0 N–H and O–H groups in total. The fourth-order valence-corrected chi connectivity index (χ4v) is 4.18. The highest BCUT2D eigenvalue weighted by atomic mass is 16.7. The van der Waals surface area contributed by atoms with Crippen molar-refractivity contribution in [1.82, 2.24) is 4.90 Å². The van der Waals surface area contributed by atoms with Gasteiger partial charge in [-0.15, -0.1) is 0 Å². The molecule has 2 fully saturated rings. The topological polar surface area (TPSA) is 49.9 Å². The second-order valence-electron chi connectivity index (χ2n) is 7.32. The van der Waals surface area contributed by atoms with Gasteiger partial charge in [-0.25, -0.2) is 5.06 Å². The number of nitrogens with zero attached hydrogens (tertiary/aromatic N) is 2. The molecular formula is C24H20N2O3. The smallest absolute Gasteiger partial charge is 0.262 e. The van der Waals surface area contributed by atoms with Gasteiger partial charge >= 0.3 is 0 Å². The van der Waals surface area contributed by atoms with Crippen LogP contribution >= 0.6 is 0 Å². The standard InChI is InChI=1S/C24H20N2O3/c27-23-20-21(18-12-6-2-7-13-18)26(19-14-8-3-9-15-19)29-22(20)24(28)25(23)16-17-10-4-1-5-11-17/h1-15,20-22H,16H2/t20-,21+,22+/m1/s1. The highest BCUT2D eigenvalue weighted by Gasteiger charge is 2.59. The maximum absolute atomic E-state index is 13.4. The van der Waals surface area contributed by atoms with Gasteiger partial charge in [-0.3, -0.25) is 19.3 Å². The molecule has 0 unspecified atom stereocenters. The van der Waals surface area contributed by atoms with E-state index in [0.717, 1.165) is 16.8 Å². The van der Waals surface area contributed by atoms with Gasteiger partial charge in [-0.2, -0.15) is 0 Å². The molecule has 29 heavy (non-hydrogen) atoms. The monoisotopic (exact) mass is 384 g/mol. The van der Waals surface area contributed by atoms with Gasteiger partial charge in [-0.1, -0.05) is 78.9 Å². The molecule has 5 nitrogen and oxygen atoms in total. The first kappa shape index (κ1) is 17.6. The van der Waals surface area contributed by atoms with Gasteiger partial charge in [0, 0.05) is 0 Å². The predicted molar refractivity (Wildman–Crippen MR) is 108 cm³/mol. The molecule has 0 bridgehead atoms. The lowest BCUT2D eigenvalue weighted by Crippen LogP contribution is -2.36. The third-order valence-corrected chi connectivity index (χ3v) is 5.54. The Bertz CT molecular complexity index is 1020. The zero-order chi connectivity index (χ0) is 19.8. The summed E-state index contributed by atoms with van der Waals surface area (Å²) in [5, 5.41) is 1.72. The molecule has 0 spiro atoms. The third-order valence-electron chi connectivity index (χ3n) is 5.54. The Kier molecular flexibility index (Phi) is 4.37. The van der Waals surface area contributed by atoms with Crippen LogP contribution < -0.4 is 5.06 Å². The second-order valence-corrected chi connectivity index (χ2v) is 7.32. The first-order valence-electron chi connectivity index (χ1n) is 9.69. The summed E-state index contributed by atoms with van der Waals surface area (Å²) < 4.78 is 0. The molecule has 3 aromatic carbocycles. The summed E-state index contributed by atoms with van der Waals surface area (Å²) in [6, 6.07) is 28.6. The SMILES string of the molecule is O=C1[C@H]2[C@H](ON(c3ccccc3)[C@H]2c2ccccc2)C(=O)N1Cc1ccccc1. The van der Waals surface area contributed by atoms with Crippen LogP contribution in [0.1, 0.15) is 17.2 Å². The quantitative estimate of drug-likeness (QED) is 0.643. The van der Waals surface area contributed by atoms with Crippen LogP contribution in [-0.4, -0.2) is 22.8 Å². The molecule has 0 radical (unpaired) electrons. The first-order chi connectivity index (χ1) is 14.2. The van der Waals surface area contributed by atoms with E-state index in [1.165, 1.54) is 4.90 Å². The number of likely N-dealkylation sites (tertiary alicyclic amines) is 1. The van der Waals surface area contributed by atoms with Gasteiger partial charge < -0.3 is 0 Å². The van der Waals surface area contributed by atoms with E-state index in [9.17, 15) is 9.59 Å². The van der Waals surface area contributed by atoms with Crippen LogP contribution in [0.5, 0.6) is 0 Å². The zero-order valence-corrected chi connectivity index (χ0v) is 15.7. The Morgan fingerprint density at radius 1 is 0.724 bits per heavy atom. The Morgan fingerprint density at radius 2 is 1.31 bits per heavy atom. The number of hydrogen-bond donors (Lipinski definition) is 0. The van der Waals surface area contributed by atoms with Crippen molar-refractivity contribution in [1.29, 1.82) is 0 Å². The fourth-order valence-electron chi connectivity index (χ4n) is 4.18. The Balaban J connectivity index is 1.52. The molecule has 0 aliphatic carbocycles. The summed E-state index contributed by atoms with van der Waals surface area (Å²) in [6.45, 7) is 0.266. The highest BCUT2D eigenvalue weighted by Crippen LogP contribution is 2.46. The molecule has 2 amide bonds. The van der Waals surface area contributed by atoms with Gasteiger partial charge in [0.05, 0.1) is 18.3 Å². The molecule has 2 aliphatic heterocycles. The molecule has 2 saturated heterocycles. The Morgan fingerprint density at radius 3 is 1.97 bits per heavy atom. The number of carbonyl (C=O) groups is 2. The summed E-state index contributed by atoms with van der Waals surface area (Å²) in [4.78, 5) is 33.9. The van der Waals surface area contributed by atoms with Crippen molar-refractivity contribution in [2.75, 3.05) is 5.06 Å². The Hall–Kier alpha value is -3.44. The minimum atomic E-state index is -0.809. The molecule has 2 aliphatic rings. The molecule has 5 heteroatoms. The van der Waals surface area contributed by atoms with E-state index in [0.29, 0.717) is 0 Å². The van der Waals surface area contributed by atoms with E-state index in [-0.39, 0.29) is 24.4 Å². The number of rotatable bonds is 4. The first-order valence-corrected chi connectivity index (χ1v) is 9.69. The van der Waals surface area contributed by atoms with Gasteiger partial charge in [0.25, 0.3) is 5.91 Å². The number of imide groups is 1. The van der Waals surface area contributed by atoms with Crippen LogP contribution in [0.3, 0.4) is 0 Å². The fraction of sp³-hybridized carbons (Fsp3) is 0.167. The summed E-state index contributed by atoms with van der Waals surface area (Å²) in [7, 11) is 0. The number of benzene rings is 3. The number of para-hydroxylation sites is 1. The predicted octanol–water partition coefficient (Wildman–Crippen LogP) is 3.73. The molecular weight excluding hydrogens is 364 g/mol. The van der Waals surface area contributed by atoms with E-state index in [2.05, 4.69) is 0 Å². The van der Waals surface area contributed by atoms with Crippen molar-refractivity contribution in [2.24, 2.45) is 5.92 Å². The minimum absolute atomic E-state index is 0.184. The summed E-state index contributed by atoms with van der Waals surface area (Å²) in [5.74, 6) is -1.03. The van der Waals surface area contributed by atoms with Gasteiger partial charge in [0.2, 0.25) is 5.91 Å². The number of amides is 2. The maximum atomic E-state index is 13.4. The summed E-state index contributed by atoms with van der Waals surface area (Å²) in [6.07, 6.45) is -0.809. The number of carbonyl (C=O) groups excluding carboxylic acids is 2. The number of hydroxylamine groups is 1. The lowest BCUT2D eigenvalue weighted by atomic mass is 9.90. The zero-order valence-electron chi connectivity index (χ0n) is 15.7. The molecule has 0 aromatic heterocycles. The average molecular weight is 384 g/mol. The van der Waals surface area contributed by atoms with Crippen molar-refractivity contribution < 1.29 is 14.4 Å². The summed E-state index contributed by atoms with van der Waals surface area (Å²) >= 11 is 0. The largest absolute Gasteiger partial charge is 0.275 e. The normalized spacial score (nSPS) is 23.5.